The lowest BCUT2D eigenvalue weighted by Crippen LogP contribution is -2.16. The molecule has 0 bridgehead atoms. The van der Waals surface area contributed by atoms with Gasteiger partial charge >= 0.3 is 0 Å². The van der Waals surface area contributed by atoms with Crippen LogP contribution in [0, 0.1) is 0 Å². The summed E-state index contributed by atoms with van der Waals surface area (Å²) in [5.41, 5.74) is 0.505. The average molecular weight is 264 g/mol. The van der Waals surface area contributed by atoms with Crippen molar-refractivity contribution in [2.75, 3.05) is 7.11 Å². The lowest BCUT2D eigenvalue weighted by Gasteiger charge is -2.17. The topological polar surface area (TPSA) is 44.1 Å². The summed E-state index contributed by atoms with van der Waals surface area (Å²) in [5, 5.41) is 0.577. The van der Waals surface area contributed by atoms with E-state index < -0.39 is 0 Å². The van der Waals surface area contributed by atoms with Crippen LogP contribution in [0.1, 0.15) is 20.8 Å². The van der Waals surface area contributed by atoms with E-state index in [4.69, 9.17) is 4.84 Å². The minimum Gasteiger partial charge on any atom is -0.416 e. The lowest BCUT2D eigenvalue weighted by molar-refractivity contribution is 0.174. The zero-order valence-electron chi connectivity index (χ0n) is 10.9. The van der Waals surface area contributed by atoms with Gasteiger partial charge in [-0.2, -0.15) is 9.71 Å². The highest BCUT2D eigenvalue weighted by Gasteiger charge is 2.13. The van der Waals surface area contributed by atoms with Gasteiger partial charge in [0.1, 0.15) is 13.4 Å². The Hall–Kier alpha value is -1.49. The first-order valence-corrected chi connectivity index (χ1v) is 6.47. The van der Waals surface area contributed by atoms with E-state index in [2.05, 4.69) is 25.8 Å². The summed E-state index contributed by atoms with van der Waals surface area (Å²) in [6.07, 6.45) is 1.39. The number of hydrogen-bond donors (Lipinski definition) is 0. The van der Waals surface area contributed by atoms with E-state index in [0.717, 1.165) is 10.4 Å². The third-order valence-electron chi connectivity index (χ3n) is 2.34. The minimum absolute atomic E-state index is 0.107. The number of fused-ring (bicyclic) bond motifs is 1. The Labute approximate surface area is 110 Å². The normalized spacial score (nSPS) is 11.8. The molecule has 0 aliphatic rings. The fourth-order valence-electron chi connectivity index (χ4n) is 1.68. The molecule has 1 aromatic heterocycles. The van der Waals surface area contributed by atoms with Crippen LogP contribution in [0.4, 0.5) is 0 Å². The first kappa shape index (κ1) is 13.0. The molecule has 0 aliphatic carbocycles. The number of aromatic nitrogens is 2. The first-order valence-electron chi connectivity index (χ1n) is 5.65. The van der Waals surface area contributed by atoms with Gasteiger partial charge in [0.15, 0.2) is 0 Å². The van der Waals surface area contributed by atoms with Crippen molar-refractivity contribution in [3.05, 3.63) is 34.9 Å². The van der Waals surface area contributed by atoms with Crippen LogP contribution in [0.25, 0.3) is 10.9 Å². The van der Waals surface area contributed by atoms with Crippen LogP contribution >= 0.6 is 11.8 Å². The summed E-state index contributed by atoms with van der Waals surface area (Å²) in [6, 6.07) is 5.75. The van der Waals surface area contributed by atoms with E-state index >= 15 is 0 Å². The minimum atomic E-state index is -0.227. The van der Waals surface area contributed by atoms with Gasteiger partial charge in [0, 0.05) is 9.64 Å². The summed E-state index contributed by atoms with van der Waals surface area (Å²) in [6.45, 7) is 6.41. The molecule has 0 unspecified atom stereocenters. The zero-order chi connectivity index (χ0) is 13.3. The number of nitrogens with zero attached hydrogens (tertiary/aromatic N) is 2. The number of rotatable bonds is 2. The SMILES string of the molecule is COn1cnc(=O)c2cc(SC(C)(C)C)ccc21. The predicted octanol–water partition coefficient (Wildman–Crippen LogP) is 2.35. The third-order valence-corrected chi connectivity index (χ3v) is 3.44. The van der Waals surface area contributed by atoms with Gasteiger partial charge in [0.05, 0.1) is 10.9 Å². The fourth-order valence-corrected chi connectivity index (χ4v) is 2.70. The maximum absolute atomic E-state index is 11.8. The van der Waals surface area contributed by atoms with Crippen LogP contribution in [0.2, 0.25) is 0 Å². The zero-order valence-corrected chi connectivity index (χ0v) is 11.7. The molecular formula is C13H16N2O2S. The summed E-state index contributed by atoms with van der Waals surface area (Å²) in [5.74, 6) is 0. The van der Waals surface area contributed by atoms with Crippen molar-refractivity contribution in [2.24, 2.45) is 0 Å². The number of thioether (sulfide) groups is 1. The van der Waals surface area contributed by atoms with Crippen molar-refractivity contribution in [1.82, 2.24) is 9.71 Å². The average Bonchev–Trinajstić information content (AvgIpc) is 2.28. The summed E-state index contributed by atoms with van der Waals surface area (Å²) in [7, 11) is 1.55. The van der Waals surface area contributed by atoms with E-state index in [-0.39, 0.29) is 10.3 Å². The Morgan fingerprint density at radius 2 is 2.06 bits per heavy atom. The summed E-state index contributed by atoms with van der Waals surface area (Å²) in [4.78, 5) is 21.8. The molecule has 4 nitrogen and oxygen atoms in total. The van der Waals surface area contributed by atoms with Gasteiger partial charge in [0.2, 0.25) is 0 Å². The number of benzene rings is 1. The van der Waals surface area contributed by atoms with Crippen molar-refractivity contribution in [3.63, 3.8) is 0 Å². The quantitative estimate of drug-likeness (QED) is 0.781. The molecule has 0 atom stereocenters. The summed E-state index contributed by atoms with van der Waals surface area (Å²) >= 11 is 1.72. The molecule has 0 amide bonds. The molecule has 5 heteroatoms. The molecule has 0 saturated heterocycles. The van der Waals surface area contributed by atoms with Crippen LogP contribution in [0.15, 0.2) is 34.2 Å². The van der Waals surface area contributed by atoms with Crippen LogP contribution in [0.3, 0.4) is 0 Å². The van der Waals surface area contributed by atoms with E-state index in [0.29, 0.717) is 5.39 Å². The van der Waals surface area contributed by atoms with E-state index in [9.17, 15) is 4.79 Å². The van der Waals surface area contributed by atoms with Crippen molar-refractivity contribution in [2.45, 2.75) is 30.4 Å². The fraction of sp³-hybridized carbons (Fsp3) is 0.385. The monoisotopic (exact) mass is 264 g/mol. The predicted molar refractivity (Wildman–Crippen MR) is 74.1 cm³/mol. The van der Waals surface area contributed by atoms with Gasteiger partial charge in [-0.05, 0) is 18.2 Å². The Bertz CT molecular complexity index is 629. The maximum atomic E-state index is 11.8. The van der Waals surface area contributed by atoms with Gasteiger partial charge in [0.25, 0.3) is 5.56 Å². The molecule has 2 rings (SSSR count). The van der Waals surface area contributed by atoms with Crippen molar-refractivity contribution in [3.8, 4) is 0 Å². The highest BCUT2D eigenvalue weighted by molar-refractivity contribution is 8.00. The van der Waals surface area contributed by atoms with Gasteiger partial charge in [-0.1, -0.05) is 20.8 Å². The standard InChI is InChI=1S/C13H16N2O2S/c1-13(2,3)18-9-5-6-11-10(7-9)12(16)14-8-15(11)17-4/h5-8H,1-4H3. The Morgan fingerprint density at radius 1 is 1.33 bits per heavy atom. The third kappa shape index (κ3) is 2.67. The molecule has 0 N–H and O–H groups in total. The van der Waals surface area contributed by atoms with Crippen LogP contribution in [-0.4, -0.2) is 21.6 Å². The Kier molecular flexibility index (Phi) is 3.34. The maximum Gasteiger partial charge on any atom is 0.280 e. The second-order valence-corrected chi connectivity index (χ2v) is 6.85. The first-order chi connectivity index (χ1) is 8.40. The van der Waals surface area contributed by atoms with Crippen LogP contribution in [0.5, 0.6) is 0 Å². The van der Waals surface area contributed by atoms with Crippen LogP contribution in [-0.2, 0) is 0 Å². The highest BCUT2D eigenvalue weighted by atomic mass is 32.2. The van der Waals surface area contributed by atoms with Gasteiger partial charge in [-0.15, -0.1) is 11.8 Å². The van der Waals surface area contributed by atoms with E-state index in [1.807, 2.05) is 18.2 Å². The van der Waals surface area contributed by atoms with Crippen molar-refractivity contribution in [1.29, 1.82) is 0 Å². The molecule has 2 aromatic rings. The molecule has 96 valence electrons. The van der Waals surface area contributed by atoms with E-state index in [1.165, 1.54) is 11.1 Å². The highest BCUT2D eigenvalue weighted by Crippen LogP contribution is 2.32. The second-order valence-electron chi connectivity index (χ2n) is 4.95. The molecule has 0 spiro atoms. The van der Waals surface area contributed by atoms with Gasteiger partial charge in [-0.25, -0.2) is 0 Å². The Balaban J connectivity index is 2.58. The van der Waals surface area contributed by atoms with Crippen molar-refractivity contribution >= 4 is 22.7 Å². The summed E-state index contributed by atoms with van der Waals surface area (Å²) < 4.78 is 1.60. The molecule has 0 fully saturated rings. The van der Waals surface area contributed by atoms with Gasteiger partial charge in [-0.3, -0.25) is 4.79 Å². The molecule has 18 heavy (non-hydrogen) atoms. The second kappa shape index (κ2) is 4.65. The molecule has 1 aromatic carbocycles. The molecule has 0 radical (unpaired) electrons. The lowest BCUT2D eigenvalue weighted by atomic mass is 10.2. The molecule has 0 aliphatic heterocycles. The van der Waals surface area contributed by atoms with Gasteiger partial charge < -0.3 is 4.84 Å². The Morgan fingerprint density at radius 3 is 2.67 bits per heavy atom. The number of hydrogen-bond acceptors (Lipinski definition) is 4. The molecular weight excluding hydrogens is 248 g/mol. The largest absolute Gasteiger partial charge is 0.416 e. The molecule has 1 heterocycles. The van der Waals surface area contributed by atoms with E-state index in [1.54, 1.807) is 18.9 Å². The smallest absolute Gasteiger partial charge is 0.280 e. The van der Waals surface area contributed by atoms with Crippen molar-refractivity contribution < 1.29 is 4.84 Å². The van der Waals surface area contributed by atoms with Crippen LogP contribution < -0.4 is 10.4 Å². The molecule has 0 saturated carbocycles.